The van der Waals surface area contributed by atoms with Gasteiger partial charge < -0.3 is 11.1 Å². The number of nitrogen functional groups attached to an aromatic ring is 1. The van der Waals surface area contributed by atoms with Crippen molar-refractivity contribution in [3.05, 3.63) is 52.9 Å². The number of hydrogen-bond acceptors (Lipinski definition) is 4. The summed E-state index contributed by atoms with van der Waals surface area (Å²) in [6.45, 7) is 0. The number of rotatable bonds is 4. The summed E-state index contributed by atoms with van der Waals surface area (Å²) in [5.74, 6) is 0.507. The van der Waals surface area contributed by atoms with Crippen LogP contribution in [0.5, 0.6) is 0 Å². The van der Waals surface area contributed by atoms with Crippen molar-refractivity contribution in [2.75, 3.05) is 12.8 Å². The van der Waals surface area contributed by atoms with Crippen molar-refractivity contribution in [3.63, 3.8) is 0 Å². The van der Waals surface area contributed by atoms with Gasteiger partial charge in [0.1, 0.15) is 5.82 Å². The van der Waals surface area contributed by atoms with Crippen LogP contribution in [0.2, 0.25) is 5.02 Å². The molecule has 0 aromatic carbocycles. The summed E-state index contributed by atoms with van der Waals surface area (Å²) in [7, 11) is 1.90. The molecule has 4 nitrogen and oxygen atoms in total. The van der Waals surface area contributed by atoms with Gasteiger partial charge in [0, 0.05) is 30.2 Å². The van der Waals surface area contributed by atoms with Crippen molar-refractivity contribution in [1.29, 1.82) is 0 Å². The highest BCUT2D eigenvalue weighted by molar-refractivity contribution is 6.30. The summed E-state index contributed by atoms with van der Waals surface area (Å²) in [5, 5.41) is 3.83. The second-order valence-corrected chi connectivity index (χ2v) is 4.47. The van der Waals surface area contributed by atoms with E-state index in [1.807, 2.05) is 25.2 Å². The number of halogens is 1. The zero-order valence-electron chi connectivity index (χ0n) is 10.1. The maximum absolute atomic E-state index is 5.97. The van der Waals surface area contributed by atoms with E-state index < -0.39 is 0 Å². The maximum atomic E-state index is 5.97. The molecule has 1 unspecified atom stereocenters. The first kappa shape index (κ1) is 12.8. The summed E-state index contributed by atoms with van der Waals surface area (Å²) in [4.78, 5) is 8.09. The SMILES string of the molecule is CNC(Cc1ccncc1)c1cc(Cl)cnc1N. The standard InChI is InChI=1S/C13H15ClN4/c1-16-12(6-9-2-4-17-5-3-9)11-7-10(14)8-18-13(11)15/h2-5,7-8,12,16H,6H2,1H3,(H2,15,18). The molecule has 1 atom stereocenters. The number of hydrogen-bond donors (Lipinski definition) is 2. The first-order valence-electron chi connectivity index (χ1n) is 5.68. The molecule has 2 aromatic rings. The van der Waals surface area contributed by atoms with Crippen LogP contribution in [0.15, 0.2) is 36.8 Å². The van der Waals surface area contributed by atoms with Crippen molar-refractivity contribution >= 4 is 17.4 Å². The Morgan fingerprint density at radius 2 is 2.11 bits per heavy atom. The minimum absolute atomic E-state index is 0.0820. The highest BCUT2D eigenvalue weighted by Crippen LogP contribution is 2.24. The minimum Gasteiger partial charge on any atom is -0.383 e. The Balaban J connectivity index is 2.26. The van der Waals surface area contributed by atoms with Gasteiger partial charge in [-0.3, -0.25) is 4.98 Å². The van der Waals surface area contributed by atoms with Crippen LogP contribution in [0, 0.1) is 0 Å². The number of anilines is 1. The van der Waals surface area contributed by atoms with Crippen LogP contribution < -0.4 is 11.1 Å². The molecule has 0 saturated heterocycles. The highest BCUT2D eigenvalue weighted by atomic mass is 35.5. The zero-order chi connectivity index (χ0) is 13.0. The van der Waals surface area contributed by atoms with Crippen LogP contribution in [0.3, 0.4) is 0 Å². The van der Waals surface area contributed by atoms with E-state index in [1.165, 1.54) is 5.56 Å². The topological polar surface area (TPSA) is 63.8 Å². The zero-order valence-corrected chi connectivity index (χ0v) is 10.9. The lowest BCUT2D eigenvalue weighted by atomic mass is 10.0. The third kappa shape index (κ3) is 2.97. The van der Waals surface area contributed by atoms with Crippen LogP contribution in [-0.2, 0) is 6.42 Å². The second-order valence-electron chi connectivity index (χ2n) is 4.03. The molecule has 18 heavy (non-hydrogen) atoms. The highest BCUT2D eigenvalue weighted by Gasteiger charge is 2.14. The quantitative estimate of drug-likeness (QED) is 0.887. The van der Waals surface area contributed by atoms with E-state index in [-0.39, 0.29) is 6.04 Å². The van der Waals surface area contributed by atoms with Gasteiger partial charge in [0.25, 0.3) is 0 Å². The van der Waals surface area contributed by atoms with E-state index >= 15 is 0 Å². The first-order chi connectivity index (χ1) is 8.70. The summed E-state index contributed by atoms with van der Waals surface area (Å²) in [6.07, 6.45) is 5.92. The first-order valence-corrected chi connectivity index (χ1v) is 6.05. The Morgan fingerprint density at radius 1 is 1.39 bits per heavy atom. The number of nitrogens with one attached hydrogen (secondary N) is 1. The van der Waals surface area contributed by atoms with Crippen LogP contribution >= 0.6 is 11.6 Å². The molecule has 0 amide bonds. The molecule has 0 bridgehead atoms. The van der Waals surface area contributed by atoms with E-state index in [9.17, 15) is 0 Å². The van der Waals surface area contributed by atoms with Gasteiger partial charge >= 0.3 is 0 Å². The van der Waals surface area contributed by atoms with E-state index in [1.54, 1.807) is 18.6 Å². The smallest absolute Gasteiger partial charge is 0.128 e. The fraction of sp³-hybridized carbons (Fsp3) is 0.231. The van der Waals surface area contributed by atoms with Crippen molar-refractivity contribution in [3.8, 4) is 0 Å². The molecule has 2 aromatic heterocycles. The van der Waals surface area contributed by atoms with Crippen LogP contribution in [0.4, 0.5) is 5.82 Å². The molecular weight excluding hydrogens is 248 g/mol. The van der Waals surface area contributed by atoms with Gasteiger partial charge in [-0.25, -0.2) is 4.98 Å². The molecule has 0 radical (unpaired) electrons. The Bertz CT molecular complexity index is 516. The number of nitrogens with two attached hydrogens (primary N) is 1. The molecule has 0 fully saturated rings. The lowest BCUT2D eigenvalue weighted by molar-refractivity contribution is 0.592. The lowest BCUT2D eigenvalue weighted by Crippen LogP contribution is -2.20. The van der Waals surface area contributed by atoms with Gasteiger partial charge in [0.05, 0.1) is 5.02 Å². The largest absolute Gasteiger partial charge is 0.383 e. The van der Waals surface area contributed by atoms with Crippen molar-refractivity contribution in [1.82, 2.24) is 15.3 Å². The van der Waals surface area contributed by atoms with E-state index in [4.69, 9.17) is 17.3 Å². The molecule has 0 aliphatic carbocycles. The van der Waals surface area contributed by atoms with E-state index in [0.717, 1.165) is 12.0 Å². The normalized spacial score (nSPS) is 12.3. The fourth-order valence-corrected chi connectivity index (χ4v) is 2.03. The Labute approximate surface area is 111 Å². The van der Waals surface area contributed by atoms with Crippen LogP contribution in [-0.4, -0.2) is 17.0 Å². The van der Waals surface area contributed by atoms with Crippen molar-refractivity contribution in [2.24, 2.45) is 0 Å². The van der Waals surface area contributed by atoms with Gasteiger partial charge in [0.15, 0.2) is 0 Å². The average molecular weight is 263 g/mol. The summed E-state index contributed by atoms with van der Waals surface area (Å²) in [5.41, 5.74) is 8.00. The molecule has 5 heteroatoms. The van der Waals surface area contributed by atoms with Gasteiger partial charge in [-0.2, -0.15) is 0 Å². The molecule has 0 aliphatic rings. The molecule has 94 valence electrons. The molecule has 2 rings (SSSR count). The predicted molar refractivity (Wildman–Crippen MR) is 73.4 cm³/mol. The van der Waals surface area contributed by atoms with Crippen LogP contribution in [0.1, 0.15) is 17.2 Å². The molecule has 0 aliphatic heterocycles. The molecule has 3 N–H and O–H groups in total. The molecule has 2 heterocycles. The number of likely N-dealkylation sites (N-methyl/N-ethyl adjacent to an activating group) is 1. The monoisotopic (exact) mass is 262 g/mol. The van der Waals surface area contributed by atoms with Gasteiger partial charge in [0.2, 0.25) is 0 Å². The predicted octanol–water partition coefficient (Wildman–Crippen LogP) is 2.22. The lowest BCUT2D eigenvalue weighted by Gasteiger charge is -2.18. The number of aromatic nitrogens is 2. The van der Waals surface area contributed by atoms with E-state index in [0.29, 0.717) is 10.8 Å². The van der Waals surface area contributed by atoms with Gasteiger partial charge in [-0.15, -0.1) is 0 Å². The van der Waals surface area contributed by atoms with Crippen molar-refractivity contribution in [2.45, 2.75) is 12.5 Å². The summed E-state index contributed by atoms with van der Waals surface area (Å²) >= 11 is 5.97. The fourth-order valence-electron chi connectivity index (χ4n) is 1.87. The van der Waals surface area contributed by atoms with Crippen LogP contribution in [0.25, 0.3) is 0 Å². The number of pyridine rings is 2. The van der Waals surface area contributed by atoms with E-state index in [2.05, 4.69) is 15.3 Å². The minimum atomic E-state index is 0.0820. The molecule has 0 spiro atoms. The second kappa shape index (κ2) is 5.80. The average Bonchev–Trinajstić information content (AvgIpc) is 2.40. The summed E-state index contributed by atoms with van der Waals surface area (Å²) in [6, 6.07) is 5.90. The third-order valence-electron chi connectivity index (χ3n) is 2.83. The Morgan fingerprint density at radius 3 is 2.78 bits per heavy atom. The Kier molecular flexibility index (Phi) is 4.12. The maximum Gasteiger partial charge on any atom is 0.128 e. The van der Waals surface area contributed by atoms with Gasteiger partial charge in [-0.1, -0.05) is 11.6 Å². The van der Waals surface area contributed by atoms with Crippen molar-refractivity contribution < 1.29 is 0 Å². The molecular formula is C13H15ClN4. The van der Waals surface area contributed by atoms with Gasteiger partial charge in [-0.05, 0) is 37.2 Å². The third-order valence-corrected chi connectivity index (χ3v) is 3.04. The summed E-state index contributed by atoms with van der Waals surface area (Å²) < 4.78 is 0. The molecule has 0 saturated carbocycles. The Hall–Kier alpha value is -1.65. The number of nitrogens with zero attached hydrogens (tertiary/aromatic N) is 2.